The number of benzene rings is 4. The number of aryl methyl sites for hydroxylation is 1. The number of anilines is 4. The lowest BCUT2D eigenvalue weighted by atomic mass is 9.79. The van der Waals surface area contributed by atoms with Crippen molar-refractivity contribution in [2.45, 2.75) is 99.0 Å². The molecule has 1 N–H and O–H groups in total. The number of hydrogen-bond acceptors (Lipinski definition) is 2. The van der Waals surface area contributed by atoms with E-state index in [9.17, 15) is 0 Å². The highest BCUT2D eigenvalue weighted by Gasteiger charge is 2.20. The summed E-state index contributed by atoms with van der Waals surface area (Å²) in [7, 11) is 0. The Morgan fingerprint density at radius 1 is 0.654 bits per heavy atom. The number of nitrogens with one attached hydrogen (secondary N) is 1. The molecule has 0 amide bonds. The molecule has 0 aromatic heterocycles. The van der Waals surface area contributed by atoms with Crippen LogP contribution in [0.2, 0.25) is 0 Å². The quantitative estimate of drug-likeness (QED) is 0.141. The van der Waals surface area contributed by atoms with Crippen LogP contribution in [-0.2, 0) is 6.42 Å². The molecule has 2 aliphatic carbocycles. The third kappa shape index (κ3) is 12.2. The van der Waals surface area contributed by atoms with Crippen LogP contribution in [0.1, 0.15) is 92.1 Å². The van der Waals surface area contributed by atoms with E-state index in [4.69, 9.17) is 0 Å². The van der Waals surface area contributed by atoms with E-state index in [0.717, 1.165) is 42.0 Å². The first kappa shape index (κ1) is 40.0. The summed E-state index contributed by atoms with van der Waals surface area (Å²) < 4.78 is 0. The van der Waals surface area contributed by atoms with E-state index in [1.807, 2.05) is 13.8 Å². The molecular formula is C50H62N2. The summed E-state index contributed by atoms with van der Waals surface area (Å²) in [6.07, 6.45) is 29.7. The van der Waals surface area contributed by atoms with Crippen LogP contribution in [0.25, 0.3) is 11.1 Å². The van der Waals surface area contributed by atoms with Gasteiger partial charge in [0.05, 0.1) is 0 Å². The summed E-state index contributed by atoms with van der Waals surface area (Å²) in [5.41, 5.74) is 10.2. The Hall–Kier alpha value is -4.82. The van der Waals surface area contributed by atoms with Crippen molar-refractivity contribution < 1.29 is 0 Å². The Balaban J connectivity index is 0.000000283. The van der Waals surface area contributed by atoms with Crippen LogP contribution in [0.15, 0.2) is 163 Å². The first-order chi connectivity index (χ1) is 25.5. The second-order valence-electron chi connectivity index (χ2n) is 14.0. The van der Waals surface area contributed by atoms with Gasteiger partial charge in [-0.2, -0.15) is 0 Å². The monoisotopic (exact) mass is 690 g/mol. The fourth-order valence-electron chi connectivity index (χ4n) is 6.59. The number of nitrogens with zero attached hydrogens (tertiary/aromatic N) is 1. The van der Waals surface area contributed by atoms with Crippen LogP contribution in [-0.4, -0.2) is 6.04 Å². The third-order valence-corrected chi connectivity index (χ3v) is 9.73. The van der Waals surface area contributed by atoms with E-state index in [2.05, 4.69) is 196 Å². The molecule has 0 saturated heterocycles. The predicted molar refractivity (Wildman–Crippen MR) is 231 cm³/mol. The molecule has 2 nitrogen and oxygen atoms in total. The minimum atomic E-state index is 0.344. The summed E-state index contributed by atoms with van der Waals surface area (Å²) in [5.74, 6) is 0. The number of hydrogen-bond donors (Lipinski definition) is 1. The van der Waals surface area contributed by atoms with E-state index in [0.29, 0.717) is 11.5 Å². The van der Waals surface area contributed by atoms with Crippen molar-refractivity contribution in [1.82, 2.24) is 0 Å². The molecule has 0 bridgehead atoms. The largest absolute Gasteiger partial charge is 0.379 e. The highest BCUT2D eigenvalue weighted by Crippen LogP contribution is 2.36. The van der Waals surface area contributed by atoms with E-state index in [1.165, 1.54) is 54.4 Å². The molecule has 0 radical (unpaired) electrons. The molecule has 0 spiro atoms. The number of allylic oxidation sites excluding steroid dienone is 8. The van der Waals surface area contributed by atoms with Gasteiger partial charge in [-0.25, -0.2) is 0 Å². The van der Waals surface area contributed by atoms with Gasteiger partial charge in [0.2, 0.25) is 0 Å². The molecule has 0 fully saturated rings. The zero-order chi connectivity index (χ0) is 37.0. The lowest BCUT2D eigenvalue weighted by Gasteiger charge is -2.26. The van der Waals surface area contributed by atoms with Crippen LogP contribution >= 0.6 is 0 Å². The number of unbranched alkanes of at least 4 members (excludes halogenated alkanes) is 3. The average Bonchev–Trinajstić information content (AvgIpc) is 3.51. The fraction of sp³-hybridized carbons (Fsp3) is 0.320. The van der Waals surface area contributed by atoms with Gasteiger partial charge in [-0.15, -0.1) is 0 Å². The molecule has 4 aromatic rings. The van der Waals surface area contributed by atoms with Crippen molar-refractivity contribution in [1.29, 1.82) is 0 Å². The molecule has 1 unspecified atom stereocenters. The number of rotatable bonds is 13. The molecular weight excluding hydrogens is 629 g/mol. The van der Waals surface area contributed by atoms with Crippen molar-refractivity contribution in [3.63, 3.8) is 0 Å². The molecule has 4 aromatic carbocycles. The standard InChI is InChI=1S/C32H30N2.C16H26.C2H6/c1-2-25-13-21-31(22-14-25)34(30-11-7-4-8-12-30)32-23-17-27(18-24-32)26-15-19-29(20-16-26)33-28-9-5-3-6-10-28;1-4-5-6-11-14-16(2,3)15-12-9-7-8-10-13-15;1-2/h3-9,11-24,28,33H,2,10H2,1H3;7-9,12-13H,4-6,10-11,14H2,1-3H3;1-2H3. The van der Waals surface area contributed by atoms with Crippen molar-refractivity contribution in [2.24, 2.45) is 5.41 Å². The predicted octanol–water partition coefficient (Wildman–Crippen LogP) is 15.1. The molecule has 272 valence electrons. The van der Waals surface area contributed by atoms with Crippen LogP contribution in [0.3, 0.4) is 0 Å². The second kappa shape index (κ2) is 21.5. The summed E-state index contributed by atoms with van der Waals surface area (Å²) in [4.78, 5) is 2.31. The minimum Gasteiger partial charge on any atom is -0.379 e. The minimum absolute atomic E-state index is 0.344. The van der Waals surface area contributed by atoms with Crippen molar-refractivity contribution in [3.8, 4) is 11.1 Å². The summed E-state index contributed by atoms with van der Waals surface area (Å²) in [5, 5.41) is 3.58. The van der Waals surface area contributed by atoms with Crippen LogP contribution in [0, 0.1) is 5.41 Å². The Kier molecular flexibility index (Phi) is 16.5. The molecule has 6 rings (SSSR count). The molecule has 1 atom stereocenters. The van der Waals surface area contributed by atoms with Gasteiger partial charge in [0.25, 0.3) is 0 Å². The fourth-order valence-corrected chi connectivity index (χ4v) is 6.59. The third-order valence-electron chi connectivity index (χ3n) is 9.73. The Morgan fingerprint density at radius 2 is 1.27 bits per heavy atom. The van der Waals surface area contributed by atoms with Crippen molar-refractivity contribution >= 4 is 22.7 Å². The van der Waals surface area contributed by atoms with Gasteiger partial charge in [0.15, 0.2) is 0 Å². The van der Waals surface area contributed by atoms with Crippen LogP contribution in [0.4, 0.5) is 22.7 Å². The smallest absolute Gasteiger partial charge is 0.0482 e. The van der Waals surface area contributed by atoms with E-state index in [1.54, 1.807) is 0 Å². The summed E-state index contributed by atoms with van der Waals surface area (Å²) in [6, 6.07) is 37.3. The van der Waals surface area contributed by atoms with Gasteiger partial charge in [-0.3, -0.25) is 0 Å². The lowest BCUT2D eigenvalue weighted by molar-refractivity contribution is 0.392. The maximum Gasteiger partial charge on any atom is 0.0482 e. The van der Waals surface area contributed by atoms with Gasteiger partial charge >= 0.3 is 0 Å². The maximum absolute atomic E-state index is 3.58. The summed E-state index contributed by atoms with van der Waals surface area (Å²) >= 11 is 0. The average molecular weight is 691 g/mol. The first-order valence-electron chi connectivity index (χ1n) is 19.7. The highest BCUT2D eigenvalue weighted by molar-refractivity contribution is 5.78. The first-order valence-corrected chi connectivity index (χ1v) is 19.7. The van der Waals surface area contributed by atoms with Gasteiger partial charge in [0, 0.05) is 28.8 Å². The second-order valence-corrected chi connectivity index (χ2v) is 14.0. The normalized spacial score (nSPS) is 14.7. The van der Waals surface area contributed by atoms with Gasteiger partial charge < -0.3 is 10.2 Å². The molecule has 2 heteroatoms. The van der Waals surface area contributed by atoms with E-state index < -0.39 is 0 Å². The highest BCUT2D eigenvalue weighted by atomic mass is 15.1. The molecule has 52 heavy (non-hydrogen) atoms. The van der Waals surface area contributed by atoms with Gasteiger partial charge in [-0.05, 0) is 102 Å². The zero-order valence-electron chi connectivity index (χ0n) is 32.7. The van der Waals surface area contributed by atoms with Crippen molar-refractivity contribution in [3.05, 3.63) is 169 Å². The lowest BCUT2D eigenvalue weighted by Crippen LogP contribution is -2.16. The van der Waals surface area contributed by atoms with E-state index >= 15 is 0 Å². The molecule has 0 aliphatic heterocycles. The van der Waals surface area contributed by atoms with E-state index in [-0.39, 0.29) is 0 Å². The topological polar surface area (TPSA) is 15.3 Å². The molecule has 0 saturated carbocycles. The Labute approximate surface area is 316 Å². The molecule has 0 heterocycles. The van der Waals surface area contributed by atoms with Gasteiger partial charge in [0.1, 0.15) is 0 Å². The molecule has 2 aliphatic rings. The van der Waals surface area contributed by atoms with Crippen LogP contribution < -0.4 is 10.2 Å². The van der Waals surface area contributed by atoms with Gasteiger partial charge in [-0.1, -0.05) is 177 Å². The Bertz CT molecular complexity index is 1730. The van der Waals surface area contributed by atoms with Crippen LogP contribution in [0.5, 0.6) is 0 Å². The maximum atomic E-state index is 3.58. The zero-order valence-corrected chi connectivity index (χ0v) is 32.7. The number of para-hydroxylation sites is 1. The SMILES string of the molecule is CC.CCCCCCC(C)(C)C1=CCC=CC=C1.CCc1ccc(N(c2ccccc2)c2ccc(-c3ccc(NC4C=CC=CC4)cc3)cc2)cc1. The Morgan fingerprint density at radius 3 is 1.88 bits per heavy atom. The van der Waals surface area contributed by atoms with Crippen molar-refractivity contribution in [2.75, 3.05) is 10.2 Å². The summed E-state index contributed by atoms with van der Waals surface area (Å²) in [6.45, 7) is 13.2.